The second-order valence-corrected chi connectivity index (χ2v) is 3.85. The smallest absolute Gasteiger partial charge is 0.0719 e. The van der Waals surface area contributed by atoms with Crippen molar-refractivity contribution in [2.45, 2.75) is 34.1 Å². The van der Waals surface area contributed by atoms with Gasteiger partial charge in [-0.2, -0.15) is 0 Å². The van der Waals surface area contributed by atoms with Gasteiger partial charge in [-0.15, -0.1) is 0 Å². The number of benzene rings is 1. The first-order valence-electron chi connectivity index (χ1n) is 4.96. The Labute approximate surface area is 86.0 Å². The summed E-state index contributed by atoms with van der Waals surface area (Å²) in [5.41, 5.74) is 6.83. The van der Waals surface area contributed by atoms with Gasteiger partial charge in [0.2, 0.25) is 0 Å². The summed E-state index contributed by atoms with van der Waals surface area (Å²) in [5, 5.41) is 0. The lowest BCUT2D eigenvalue weighted by Gasteiger charge is -2.13. The molecule has 2 nitrogen and oxygen atoms in total. The molecule has 0 aliphatic carbocycles. The van der Waals surface area contributed by atoms with Crippen molar-refractivity contribution in [3.8, 4) is 0 Å². The molecule has 0 bridgehead atoms. The predicted molar refractivity (Wildman–Crippen MR) is 59.2 cm³/mol. The third kappa shape index (κ3) is 2.14. The third-order valence-electron chi connectivity index (χ3n) is 3.08. The predicted octanol–water partition coefficient (Wildman–Crippen LogP) is 2.35. The molecular weight excluding hydrogens is 174 g/mol. The highest BCUT2D eigenvalue weighted by atomic mass is 16.6. The van der Waals surface area contributed by atoms with Gasteiger partial charge < -0.3 is 4.84 Å². The summed E-state index contributed by atoms with van der Waals surface area (Å²) < 4.78 is 0. The molecule has 0 spiro atoms. The van der Waals surface area contributed by atoms with Crippen molar-refractivity contribution in [3.63, 3.8) is 0 Å². The van der Waals surface area contributed by atoms with E-state index in [2.05, 4.69) is 38.6 Å². The monoisotopic (exact) mass is 193 g/mol. The van der Waals surface area contributed by atoms with Crippen LogP contribution in [0.5, 0.6) is 0 Å². The first-order valence-corrected chi connectivity index (χ1v) is 4.96. The van der Waals surface area contributed by atoms with Gasteiger partial charge >= 0.3 is 0 Å². The van der Waals surface area contributed by atoms with Crippen LogP contribution < -0.4 is 5.90 Å². The molecule has 1 aromatic rings. The molecule has 0 aromatic heterocycles. The number of hydrogen-bond donors (Lipinski definition) is 1. The van der Waals surface area contributed by atoms with E-state index in [1.807, 2.05) is 0 Å². The Bertz CT molecular complexity index is 332. The van der Waals surface area contributed by atoms with Crippen LogP contribution in [0.15, 0.2) is 6.07 Å². The van der Waals surface area contributed by atoms with E-state index < -0.39 is 0 Å². The van der Waals surface area contributed by atoms with Crippen LogP contribution in [0.4, 0.5) is 0 Å². The highest BCUT2D eigenvalue weighted by molar-refractivity contribution is 5.43. The molecule has 2 N–H and O–H groups in total. The van der Waals surface area contributed by atoms with Crippen molar-refractivity contribution in [3.05, 3.63) is 33.9 Å². The summed E-state index contributed by atoms with van der Waals surface area (Å²) in [6.45, 7) is 9.23. The average molecular weight is 193 g/mol. The van der Waals surface area contributed by atoms with Crippen LogP contribution in [0.1, 0.15) is 27.8 Å². The van der Waals surface area contributed by atoms with E-state index in [1.54, 1.807) is 0 Å². The molecule has 0 radical (unpaired) electrons. The lowest BCUT2D eigenvalue weighted by atomic mass is 9.93. The summed E-state index contributed by atoms with van der Waals surface area (Å²) in [6.07, 6.45) is 0.893. The van der Waals surface area contributed by atoms with Gasteiger partial charge in [0.05, 0.1) is 6.61 Å². The summed E-state index contributed by atoms with van der Waals surface area (Å²) in [4.78, 5) is 4.61. The van der Waals surface area contributed by atoms with Gasteiger partial charge in [0.1, 0.15) is 0 Å². The van der Waals surface area contributed by atoms with Gasteiger partial charge in [0, 0.05) is 0 Å². The summed E-state index contributed by atoms with van der Waals surface area (Å²) in [7, 11) is 0. The lowest BCUT2D eigenvalue weighted by molar-refractivity contribution is 0.141. The molecule has 14 heavy (non-hydrogen) atoms. The van der Waals surface area contributed by atoms with Crippen LogP contribution in [-0.2, 0) is 11.3 Å². The Hall–Kier alpha value is -0.860. The van der Waals surface area contributed by atoms with Crippen molar-refractivity contribution in [1.29, 1.82) is 0 Å². The molecule has 0 saturated carbocycles. The highest BCUT2D eigenvalue weighted by Crippen LogP contribution is 2.21. The van der Waals surface area contributed by atoms with Crippen LogP contribution in [0.3, 0.4) is 0 Å². The zero-order valence-corrected chi connectivity index (χ0v) is 9.48. The molecule has 0 fully saturated rings. The van der Waals surface area contributed by atoms with E-state index in [0.717, 1.165) is 6.42 Å². The fourth-order valence-corrected chi connectivity index (χ4v) is 1.72. The van der Waals surface area contributed by atoms with Crippen molar-refractivity contribution < 1.29 is 4.84 Å². The quantitative estimate of drug-likeness (QED) is 0.748. The van der Waals surface area contributed by atoms with E-state index in [-0.39, 0.29) is 0 Å². The van der Waals surface area contributed by atoms with Gasteiger partial charge in [-0.25, -0.2) is 5.90 Å². The van der Waals surface area contributed by atoms with E-state index in [1.165, 1.54) is 27.8 Å². The van der Waals surface area contributed by atoms with Gasteiger partial charge in [-0.05, 0) is 61.9 Å². The molecule has 1 aromatic carbocycles. The van der Waals surface area contributed by atoms with E-state index in [9.17, 15) is 0 Å². The van der Waals surface area contributed by atoms with Crippen LogP contribution in [-0.4, -0.2) is 6.61 Å². The SMILES string of the molecule is Cc1cc(CCON)c(C)c(C)c1C. The molecular formula is C12H19NO. The normalized spacial score (nSPS) is 10.6. The van der Waals surface area contributed by atoms with Crippen LogP contribution >= 0.6 is 0 Å². The summed E-state index contributed by atoms with van der Waals surface area (Å²) in [5.74, 6) is 5.03. The maximum absolute atomic E-state index is 5.03. The fourth-order valence-electron chi connectivity index (χ4n) is 1.72. The number of nitrogens with two attached hydrogens (primary N) is 1. The summed E-state index contributed by atoms with van der Waals surface area (Å²) in [6, 6.07) is 2.23. The standard InChI is InChI=1S/C12H19NO/c1-8-7-12(5-6-14-13)11(4)10(3)9(8)2/h7H,5-6,13H2,1-4H3. The molecule has 0 heterocycles. The van der Waals surface area contributed by atoms with Gasteiger partial charge in [0.15, 0.2) is 0 Å². The van der Waals surface area contributed by atoms with E-state index in [0.29, 0.717) is 6.61 Å². The van der Waals surface area contributed by atoms with Crippen LogP contribution in [0.2, 0.25) is 0 Å². The molecule has 0 unspecified atom stereocenters. The van der Waals surface area contributed by atoms with Crippen molar-refractivity contribution in [2.75, 3.05) is 6.61 Å². The molecule has 2 heteroatoms. The minimum absolute atomic E-state index is 0.586. The zero-order valence-electron chi connectivity index (χ0n) is 9.48. The molecule has 78 valence electrons. The Morgan fingerprint density at radius 2 is 1.71 bits per heavy atom. The number of rotatable bonds is 3. The molecule has 0 saturated heterocycles. The largest absolute Gasteiger partial charge is 0.304 e. The minimum atomic E-state index is 0.586. The second-order valence-electron chi connectivity index (χ2n) is 3.85. The third-order valence-corrected chi connectivity index (χ3v) is 3.08. The zero-order chi connectivity index (χ0) is 10.7. The average Bonchev–Trinajstić information content (AvgIpc) is 2.18. The lowest BCUT2D eigenvalue weighted by Crippen LogP contribution is -2.06. The highest BCUT2D eigenvalue weighted by Gasteiger charge is 2.06. The Morgan fingerprint density at radius 1 is 1.07 bits per heavy atom. The van der Waals surface area contributed by atoms with Crippen molar-refractivity contribution in [1.82, 2.24) is 0 Å². The van der Waals surface area contributed by atoms with Crippen LogP contribution in [0.25, 0.3) is 0 Å². The van der Waals surface area contributed by atoms with E-state index >= 15 is 0 Å². The van der Waals surface area contributed by atoms with Crippen molar-refractivity contribution >= 4 is 0 Å². The minimum Gasteiger partial charge on any atom is -0.304 e. The number of hydrogen-bond acceptors (Lipinski definition) is 2. The van der Waals surface area contributed by atoms with Crippen LogP contribution in [0, 0.1) is 27.7 Å². The maximum atomic E-state index is 5.03. The van der Waals surface area contributed by atoms with Gasteiger partial charge in [-0.1, -0.05) is 6.07 Å². The van der Waals surface area contributed by atoms with Crippen molar-refractivity contribution in [2.24, 2.45) is 5.90 Å². The Kier molecular flexibility index (Phi) is 3.67. The molecule has 0 aliphatic heterocycles. The molecule has 1 rings (SSSR count). The second kappa shape index (κ2) is 4.58. The number of aryl methyl sites for hydroxylation is 1. The van der Waals surface area contributed by atoms with Gasteiger partial charge in [0.25, 0.3) is 0 Å². The Balaban J connectivity index is 3.06. The molecule has 0 atom stereocenters. The van der Waals surface area contributed by atoms with Gasteiger partial charge in [-0.3, -0.25) is 0 Å². The summed E-state index contributed by atoms with van der Waals surface area (Å²) >= 11 is 0. The molecule has 0 aliphatic rings. The topological polar surface area (TPSA) is 35.2 Å². The molecule has 0 amide bonds. The fraction of sp³-hybridized carbons (Fsp3) is 0.500. The Morgan fingerprint density at radius 3 is 2.29 bits per heavy atom. The first-order chi connectivity index (χ1) is 6.57. The van der Waals surface area contributed by atoms with E-state index in [4.69, 9.17) is 5.90 Å². The first kappa shape index (κ1) is 11.2. The maximum Gasteiger partial charge on any atom is 0.0719 e.